The Morgan fingerprint density at radius 2 is 1.88 bits per heavy atom. The number of carbonyl (C=O) groups excluding carboxylic acids is 1. The minimum Gasteiger partial charge on any atom is -0.481 e. The summed E-state index contributed by atoms with van der Waals surface area (Å²) in [7, 11) is 0. The minimum atomic E-state index is -1.20. The van der Waals surface area contributed by atoms with E-state index < -0.39 is 17.8 Å². The molecule has 0 aliphatic carbocycles. The maximum absolute atomic E-state index is 11.5. The Kier molecular flexibility index (Phi) is 4.37. The molecule has 0 aromatic heterocycles. The number of halogens is 2. The van der Waals surface area contributed by atoms with E-state index in [0.29, 0.717) is 15.7 Å². The monoisotopic (exact) mass is 275 g/mol. The first kappa shape index (κ1) is 13.8. The van der Waals surface area contributed by atoms with E-state index in [1.807, 2.05) is 0 Å². The van der Waals surface area contributed by atoms with Gasteiger partial charge in [0.25, 0.3) is 0 Å². The van der Waals surface area contributed by atoms with Crippen molar-refractivity contribution in [1.29, 1.82) is 0 Å². The molecule has 92 valence electrons. The maximum atomic E-state index is 11.5. The number of benzene rings is 1. The fourth-order valence-electron chi connectivity index (χ4n) is 1.10. The molecule has 4 nitrogen and oxygen atoms in total. The van der Waals surface area contributed by atoms with Crippen molar-refractivity contribution in [3.63, 3.8) is 0 Å². The van der Waals surface area contributed by atoms with Crippen LogP contribution in [0.1, 0.15) is 12.5 Å². The van der Waals surface area contributed by atoms with Gasteiger partial charge in [-0.15, -0.1) is 0 Å². The molecular formula is C11H11Cl2NO3. The van der Waals surface area contributed by atoms with Crippen molar-refractivity contribution in [3.05, 3.63) is 27.7 Å². The van der Waals surface area contributed by atoms with E-state index in [4.69, 9.17) is 28.3 Å². The topological polar surface area (TPSA) is 66.4 Å². The van der Waals surface area contributed by atoms with Gasteiger partial charge in [-0.2, -0.15) is 0 Å². The molecule has 0 radical (unpaired) electrons. The lowest BCUT2D eigenvalue weighted by Crippen LogP contribution is -2.27. The highest BCUT2D eigenvalue weighted by Gasteiger charge is 2.21. The number of carboxylic acids is 1. The first-order chi connectivity index (χ1) is 7.82. The first-order valence-corrected chi connectivity index (χ1v) is 5.58. The molecule has 0 aliphatic heterocycles. The van der Waals surface area contributed by atoms with Crippen LogP contribution in [0, 0.1) is 12.8 Å². The van der Waals surface area contributed by atoms with Crippen LogP contribution >= 0.6 is 23.2 Å². The fourth-order valence-corrected chi connectivity index (χ4v) is 1.52. The molecule has 1 amide bonds. The van der Waals surface area contributed by atoms with E-state index >= 15 is 0 Å². The Labute approximate surface area is 109 Å². The van der Waals surface area contributed by atoms with Gasteiger partial charge in [0.05, 0.1) is 10.7 Å². The molecule has 0 saturated carbocycles. The van der Waals surface area contributed by atoms with Crippen LogP contribution in [0.2, 0.25) is 10.0 Å². The number of aryl methyl sites for hydroxylation is 1. The average Bonchev–Trinajstić information content (AvgIpc) is 2.24. The van der Waals surface area contributed by atoms with Crippen LogP contribution in [0.15, 0.2) is 12.1 Å². The maximum Gasteiger partial charge on any atom is 0.315 e. The Bertz CT molecular complexity index is 474. The van der Waals surface area contributed by atoms with Gasteiger partial charge in [0.1, 0.15) is 5.92 Å². The third-order valence-corrected chi connectivity index (χ3v) is 2.99. The third kappa shape index (κ3) is 3.35. The quantitative estimate of drug-likeness (QED) is 0.834. The fraction of sp³-hybridized carbons (Fsp3) is 0.273. The predicted molar refractivity (Wildman–Crippen MR) is 66.6 cm³/mol. The molecule has 1 aromatic rings. The summed E-state index contributed by atoms with van der Waals surface area (Å²) in [6.45, 7) is 3.07. The number of anilines is 1. The normalized spacial score (nSPS) is 12.0. The van der Waals surface area contributed by atoms with Crippen LogP contribution in [-0.2, 0) is 9.59 Å². The Morgan fingerprint density at radius 3 is 2.41 bits per heavy atom. The number of carbonyl (C=O) groups is 2. The second kappa shape index (κ2) is 5.38. The first-order valence-electron chi connectivity index (χ1n) is 4.82. The summed E-state index contributed by atoms with van der Waals surface area (Å²) in [6, 6.07) is 3.09. The van der Waals surface area contributed by atoms with Gasteiger partial charge in [0, 0.05) is 5.02 Å². The number of carboxylic acid groups (broad SMARTS) is 1. The largest absolute Gasteiger partial charge is 0.481 e. The van der Waals surface area contributed by atoms with E-state index in [-0.39, 0.29) is 0 Å². The summed E-state index contributed by atoms with van der Waals surface area (Å²) in [4.78, 5) is 22.1. The molecular weight excluding hydrogens is 265 g/mol. The van der Waals surface area contributed by atoms with Crippen LogP contribution in [0.4, 0.5) is 5.69 Å². The van der Waals surface area contributed by atoms with Crippen LogP contribution in [0.25, 0.3) is 0 Å². The van der Waals surface area contributed by atoms with E-state index in [0.717, 1.165) is 5.56 Å². The number of hydrogen-bond donors (Lipinski definition) is 2. The molecule has 0 bridgehead atoms. The number of hydrogen-bond acceptors (Lipinski definition) is 2. The van der Waals surface area contributed by atoms with Crippen LogP contribution < -0.4 is 5.32 Å². The van der Waals surface area contributed by atoms with Gasteiger partial charge in [-0.05, 0) is 31.5 Å². The summed E-state index contributed by atoms with van der Waals surface area (Å²) >= 11 is 11.8. The molecule has 2 N–H and O–H groups in total. The highest BCUT2D eigenvalue weighted by molar-refractivity contribution is 6.36. The molecule has 0 saturated heterocycles. The third-order valence-electron chi connectivity index (χ3n) is 2.27. The van der Waals surface area contributed by atoms with E-state index in [2.05, 4.69) is 5.32 Å². The van der Waals surface area contributed by atoms with Crippen molar-refractivity contribution in [2.24, 2.45) is 5.92 Å². The molecule has 1 unspecified atom stereocenters. The average molecular weight is 276 g/mol. The van der Waals surface area contributed by atoms with Gasteiger partial charge in [-0.1, -0.05) is 23.2 Å². The molecule has 0 spiro atoms. The van der Waals surface area contributed by atoms with Gasteiger partial charge in [0.15, 0.2) is 0 Å². The standard InChI is InChI=1S/C11H11Cl2NO3/c1-5-3-8(13)9(4-7(5)12)14-10(15)6(2)11(16)17/h3-4,6H,1-2H3,(H,14,15)(H,16,17). The highest BCUT2D eigenvalue weighted by Crippen LogP contribution is 2.29. The summed E-state index contributed by atoms with van der Waals surface area (Å²) in [6.07, 6.45) is 0. The molecule has 1 aromatic carbocycles. The zero-order chi connectivity index (χ0) is 13.2. The van der Waals surface area contributed by atoms with Crippen LogP contribution in [0.5, 0.6) is 0 Å². The number of nitrogens with one attached hydrogen (secondary N) is 1. The molecule has 0 fully saturated rings. The number of rotatable bonds is 3. The van der Waals surface area contributed by atoms with Gasteiger partial charge in [-0.3, -0.25) is 9.59 Å². The van der Waals surface area contributed by atoms with Gasteiger partial charge in [0.2, 0.25) is 5.91 Å². The molecule has 1 atom stereocenters. The van der Waals surface area contributed by atoms with Crippen LogP contribution in [0.3, 0.4) is 0 Å². The zero-order valence-corrected chi connectivity index (χ0v) is 10.8. The van der Waals surface area contributed by atoms with Crippen molar-refractivity contribution >= 4 is 40.8 Å². The van der Waals surface area contributed by atoms with Crippen LogP contribution in [-0.4, -0.2) is 17.0 Å². The highest BCUT2D eigenvalue weighted by atomic mass is 35.5. The summed E-state index contributed by atoms with van der Waals surface area (Å²) in [5.74, 6) is -2.98. The second-order valence-corrected chi connectivity index (χ2v) is 4.44. The lowest BCUT2D eigenvalue weighted by atomic mass is 10.1. The Morgan fingerprint density at radius 1 is 1.29 bits per heavy atom. The van der Waals surface area contributed by atoms with Gasteiger partial charge in [-0.25, -0.2) is 0 Å². The van der Waals surface area contributed by atoms with Crippen molar-refractivity contribution in [2.45, 2.75) is 13.8 Å². The number of aliphatic carboxylic acids is 1. The van der Waals surface area contributed by atoms with Crippen molar-refractivity contribution in [1.82, 2.24) is 0 Å². The molecule has 0 heterocycles. The predicted octanol–water partition coefficient (Wildman–Crippen LogP) is 2.96. The second-order valence-electron chi connectivity index (χ2n) is 3.63. The smallest absolute Gasteiger partial charge is 0.315 e. The van der Waals surface area contributed by atoms with E-state index in [1.165, 1.54) is 13.0 Å². The molecule has 17 heavy (non-hydrogen) atoms. The zero-order valence-electron chi connectivity index (χ0n) is 9.25. The Hall–Kier alpha value is -1.26. The number of amides is 1. The van der Waals surface area contributed by atoms with Crippen molar-refractivity contribution in [3.8, 4) is 0 Å². The lowest BCUT2D eigenvalue weighted by Gasteiger charge is -2.11. The summed E-state index contributed by atoms with van der Waals surface area (Å²) in [5.41, 5.74) is 1.08. The molecule has 1 rings (SSSR count). The lowest BCUT2D eigenvalue weighted by molar-refractivity contribution is -0.144. The van der Waals surface area contributed by atoms with Gasteiger partial charge >= 0.3 is 5.97 Å². The SMILES string of the molecule is Cc1cc(Cl)c(NC(=O)C(C)C(=O)O)cc1Cl. The van der Waals surface area contributed by atoms with Crippen molar-refractivity contribution in [2.75, 3.05) is 5.32 Å². The minimum absolute atomic E-state index is 0.306. The summed E-state index contributed by atoms with van der Waals surface area (Å²) < 4.78 is 0. The van der Waals surface area contributed by atoms with Crippen molar-refractivity contribution < 1.29 is 14.7 Å². The van der Waals surface area contributed by atoms with E-state index in [1.54, 1.807) is 13.0 Å². The molecule has 6 heteroatoms. The van der Waals surface area contributed by atoms with Gasteiger partial charge < -0.3 is 10.4 Å². The summed E-state index contributed by atoms with van der Waals surface area (Å²) in [5, 5.41) is 11.9. The molecule has 0 aliphatic rings. The van der Waals surface area contributed by atoms with E-state index in [9.17, 15) is 9.59 Å². The Balaban J connectivity index is 2.93.